The number of aryl methyl sites for hydroxylation is 1. The van der Waals surface area contributed by atoms with Gasteiger partial charge in [-0.05, 0) is 30.7 Å². The Morgan fingerprint density at radius 1 is 1.35 bits per heavy atom. The van der Waals surface area contributed by atoms with Gasteiger partial charge in [-0.3, -0.25) is 4.79 Å². The summed E-state index contributed by atoms with van der Waals surface area (Å²) in [6, 6.07) is 7.02. The van der Waals surface area contributed by atoms with Crippen molar-refractivity contribution in [3.8, 4) is 5.75 Å². The molecular formula is C18H19NO4. The summed E-state index contributed by atoms with van der Waals surface area (Å²) in [7, 11) is 0. The van der Waals surface area contributed by atoms with Crippen molar-refractivity contribution in [3.63, 3.8) is 0 Å². The molecule has 1 saturated heterocycles. The molecule has 1 fully saturated rings. The van der Waals surface area contributed by atoms with Crippen LogP contribution in [0.2, 0.25) is 0 Å². The third-order valence-corrected chi connectivity index (χ3v) is 4.15. The number of ether oxygens (including phenoxy) is 1. The van der Waals surface area contributed by atoms with Crippen LogP contribution in [-0.2, 0) is 4.79 Å². The number of hydrogen-bond donors (Lipinski definition) is 0. The summed E-state index contributed by atoms with van der Waals surface area (Å²) in [5.41, 5.74) is 1.06. The van der Waals surface area contributed by atoms with Gasteiger partial charge < -0.3 is 14.1 Å². The summed E-state index contributed by atoms with van der Waals surface area (Å²) in [5.74, 6) is 0.645. The Balaban J connectivity index is 1.72. The molecule has 1 aromatic carbocycles. The molecule has 1 amide bonds. The van der Waals surface area contributed by atoms with Gasteiger partial charge in [-0.15, -0.1) is 0 Å². The van der Waals surface area contributed by atoms with Crippen LogP contribution in [-0.4, -0.2) is 30.0 Å². The molecule has 1 aliphatic heterocycles. The number of fused-ring (bicyclic) bond motifs is 1. The van der Waals surface area contributed by atoms with E-state index in [1.165, 1.54) is 12.1 Å². The Morgan fingerprint density at radius 3 is 2.78 bits per heavy atom. The van der Waals surface area contributed by atoms with Crippen LogP contribution in [0.3, 0.4) is 0 Å². The van der Waals surface area contributed by atoms with Crippen LogP contribution in [0.5, 0.6) is 5.75 Å². The highest BCUT2D eigenvalue weighted by atomic mass is 16.5. The number of carbonyl (C=O) groups is 1. The van der Waals surface area contributed by atoms with Crippen molar-refractivity contribution in [1.29, 1.82) is 0 Å². The summed E-state index contributed by atoms with van der Waals surface area (Å²) in [4.78, 5) is 24.8. The molecule has 120 valence electrons. The van der Waals surface area contributed by atoms with Gasteiger partial charge in [0.15, 0.2) is 0 Å². The van der Waals surface area contributed by atoms with Gasteiger partial charge in [-0.1, -0.05) is 6.58 Å². The summed E-state index contributed by atoms with van der Waals surface area (Å²) in [6.07, 6.45) is 2.94. The fraction of sp³-hybridized carbons (Fsp3) is 0.333. The van der Waals surface area contributed by atoms with E-state index in [4.69, 9.17) is 9.15 Å². The highest BCUT2D eigenvalue weighted by molar-refractivity contribution is 5.87. The summed E-state index contributed by atoms with van der Waals surface area (Å²) < 4.78 is 11.2. The number of nitrogens with zero attached hydrogens (tertiary/aromatic N) is 1. The van der Waals surface area contributed by atoms with Gasteiger partial charge in [0, 0.05) is 43.5 Å². The molecule has 0 aliphatic carbocycles. The maximum absolute atomic E-state index is 11.6. The number of rotatable bonds is 3. The second-order valence-corrected chi connectivity index (χ2v) is 5.75. The first-order chi connectivity index (χ1) is 11.1. The highest BCUT2D eigenvalue weighted by Crippen LogP contribution is 2.25. The molecule has 1 aliphatic rings. The first-order valence-corrected chi connectivity index (χ1v) is 7.69. The Labute approximate surface area is 134 Å². The molecule has 2 heterocycles. The fourth-order valence-electron chi connectivity index (χ4n) is 2.89. The smallest absolute Gasteiger partial charge is 0.336 e. The average Bonchev–Trinajstić information content (AvgIpc) is 2.54. The van der Waals surface area contributed by atoms with Crippen LogP contribution in [0.1, 0.15) is 18.4 Å². The Hall–Kier alpha value is -2.56. The van der Waals surface area contributed by atoms with E-state index < -0.39 is 0 Å². The number of benzene rings is 1. The van der Waals surface area contributed by atoms with Crippen molar-refractivity contribution in [1.82, 2.24) is 4.90 Å². The molecule has 23 heavy (non-hydrogen) atoms. The fourth-order valence-corrected chi connectivity index (χ4v) is 2.89. The number of hydrogen-bond acceptors (Lipinski definition) is 4. The van der Waals surface area contributed by atoms with Crippen molar-refractivity contribution in [2.24, 2.45) is 0 Å². The van der Waals surface area contributed by atoms with Crippen LogP contribution in [0, 0.1) is 6.92 Å². The zero-order chi connectivity index (χ0) is 16.4. The van der Waals surface area contributed by atoms with Crippen molar-refractivity contribution in [2.75, 3.05) is 13.1 Å². The van der Waals surface area contributed by atoms with Gasteiger partial charge in [0.25, 0.3) is 0 Å². The summed E-state index contributed by atoms with van der Waals surface area (Å²) in [6.45, 7) is 6.72. The second kappa shape index (κ2) is 6.28. The quantitative estimate of drug-likeness (QED) is 0.645. The normalized spacial score (nSPS) is 15.6. The van der Waals surface area contributed by atoms with Gasteiger partial charge in [0.2, 0.25) is 5.91 Å². The molecule has 0 atom stereocenters. The Morgan fingerprint density at radius 2 is 2.09 bits per heavy atom. The molecule has 3 rings (SSSR count). The van der Waals surface area contributed by atoms with Crippen LogP contribution in [0.15, 0.2) is 46.1 Å². The van der Waals surface area contributed by atoms with Crippen molar-refractivity contribution in [2.45, 2.75) is 25.9 Å². The molecule has 0 radical (unpaired) electrons. The predicted molar refractivity (Wildman–Crippen MR) is 87.6 cm³/mol. The molecule has 0 saturated carbocycles. The van der Waals surface area contributed by atoms with E-state index >= 15 is 0 Å². The molecular weight excluding hydrogens is 294 g/mol. The van der Waals surface area contributed by atoms with Gasteiger partial charge >= 0.3 is 5.63 Å². The van der Waals surface area contributed by atoms with E-state index in [1.54, 1.807) is 11.0 Å². The van der Waals surface area contributed by atoms with Crippen molar-refractivity contribution >= 4 is 16.9 Å². The topological polar surface area (TPSA) is 59.8 Å². The van der Waals surface area contributed by atoms with E-state index in [-0.39, 0.29) is 17.6 Å². The van der Waals surface area contributed by atoms with Crippen molar-refractivity contribution < 1.29 is 13.9 Å². The first kappa shape index (κ1) is 15.3. The van der Waals surface area contributed by atoms with Crippen molar-refractivity contribution in [3.05, 3.63) is 52.9 Å². The maximum Gasteiger partial charge on any atom is 0.336 e. The van der Waals surface area contributed by atoms with E-state index in [0.29, 0.717) is 24.4 Å². The number of carbonyl (C=O) groups excluding carboxylic acids is 1. The average molecular weight is 313 g/mol. The van der Waals surface area contributed by atoms with Crippen LogP contribution < -0.4 is 10.4 Å². The monoisotopic (exact) mass is 313 g/mol. The lowest BCUT2D eigenvalue weighted by atomic mass is 10.1. The van der Waals surface area contributed by atoms with Gasteiger partial charge in [-0.25, -0.2) is 4.79 Å². The van der Waals surface area contributed by atoms with Crippen LogP contribution in [0.25, 0.3) is 11.0 Å². The van der Waals surface area contributed by atoms with Crippen LogP contribution >= 0.6 is 0 Å². The summed E-state index contributed by atoms with van der Waals surface area (Å²) in [5, 5.41) is 0.906. The lowest BCUT2D eigenvalue weighted by molar-refractivity contribution is -0.127. The standard InChI is InChI=1S/C18H19NO4/c1-3-17(20)19-8-6-13(7-9-19)22-14-4-5-15-12(2)10-18(21)23-16(15)11-14/h3-5,10-11,13H,1,6-9H2,2H3. The number of piperidine rings is 1. The number of likely N-dealkylation sites (tertiary alicyclic amines) is 1. The zero-order valence-corrected chi connectivity index (χ0v) is 13.1. The Kier molecular flexibility index (Phi) is 4.19. The maximum atomic E-state index is 11.6. The third kappa shape index (κ3) is 3.28. The van der Waals surface area contributed by atoms with Gasteiger partial charge in [-0.2, -0.15) is 0 Å². The molecule has 5 heteroatoms. The minimum Gasteiger partial charge on any atom is -0.490 e. The van der Waals surface area contributed by atoms with Gasteiger partial charge in [0.05, 0.1) is 0 Å². The zero-order valence-electron chi connectivity index (χ0n) is 13.1. The predicted octanol–water partition coefficient (Wildman–Crippen LogP) is 2.66. The van der Waals surface area contributed by atoms with E-state index in [2.05, 4.69) is 6.58 Å². The van der Waals surface area contributed by atoms with E-state index in [1.807, 2.05) is 19.1 Å². The highest BCUT2D eigenvalue weighted by Gasteiger charge is 2.22. The molecule has 5 nitrogen and oxygen atoms in total. The van der Waals surface area contributed by atoms with Gasteiger partial charge in [0.1, 0.15) is 17.4 Å². The molecule has 2 aromatic rings. The first-order valence-electron chi connectivity index (χ1n) is 7.69. The molecule has 1 aromatic heterocycles. The SMILES string of the molecule is C=CC(=O)N1CCC(Oc2ccc3c(C)cc(=O)oc3c2)CC1. The number of amides is 1. The minimum absolute atomic E-state index is 0.0357. The molecule has 0 N–H and O–H groups in total. The Bertz CT molecular complexity index is 800. The van der Waals surface area contributed by atoms with E-state index in [0.717, 1.165) is 23.8 Å². The molecule has 0 unspecified atom stereocenters. The third-order valence-electron chi connectivity index (χ3n) is 4.15. The summed E-state index contributed by atoms with van der Waals surface area (Å²) >= 11 is 0. The lowest BCUT2D eigenvalue weighted by Crippen LogP contribution is -2.41. The molecule has 0 spiro atoms. The minimum atomic E-state index is -0.358. The molecule has 0 bridgehead atoms. The van der Waals surface area contributed by atoms with E-state index in [9.17, 15) is 9.59 Å². The lowest BCUT2D eigenvalue weighted by Gasteiger charge is -2.31. The second-order valence-electron chi connectivity index (χ2n) is 5.75. The largest absolute Gasteiger partial charge is 0.490 e. The van der Waals surface area contributed by atoms with Crippen LogP contribution in [0.4, 0.5) is 0 Å².